The van der Waals surface area contributed by atoms with Gasteiger partial charge in [0.2, 0.25) is 7.37 Å². The Morgan fingerprint density at radius 1 is 0.905 bits per heavy atom. The molecule has 0 aromatic rings. The van der Waals surface area contributed by atoms with Gasteiger partial charge in [0.25, 0.3) is 0 Å². The largest absolute Gasteiger partial charge is 0.343 e. The van der Waals surface area contributed by atoms with Crippen molar-refractivity contribution in [3.8, 4) is 0 Å². The molecule has 0 spiro atoms. The number of allylic oxidation sites excluding steroid dienone is 8. The Bertz CT molecular complexity index is 553. The summed E-state index contributed by atoms with van der Waals surface area (Å²) in [4.78, 5) is 10.8. The molecule has 0 heterocycles. The normalized spacial score (nSPS) is 33.1. The van der Waals surface area contributed by atoms with Crippen molar-refractivity contribution >= 4 is 7.37 Å². The van der Waals surface area contributed by atoms with Gasteiger partial charge in [-0.1, -0.05) is 75.3 Å². The number of rotatable bonds is 2. The van der Waals surface area contributed by atoms with Crippen LogP contribution in [0, 0.1) is 10.8 Å². The Labute approximate surface area is 128 Å². The molecular weight excluding hydrogens is 279 g/mol. The Balaban J connectivity index is 2.35. The second-order valence-electron chi connectivity index (χ2n) is 7.70. The lowest BCUT2D eigenvalue weighted by molar-refractivity contribution is 0.466. The van der Waals surface area contributed by atoms with Crippen molar-refractivity contribution in [1.29, 1.82) is 0 Å². The molecule has 1 N–H and O–H groups in total. The van der Waals surface area contributed by atoms with Crippen molar-refractivity contribution in [3.05, 3.63) is 47.6 Å². The first-order valence-corrected chi connectivity index (χ1v) is 9.34. The minimum atomic E-state index is -3.38. The van der Waals surface area contributed by atoms with Crippen LogP contribution in [0.1, 0.15) is 41.5 Å². The van der Waals surface area contributed by atoms with E-state index in [2.05, 4.69) is 39.8 Å². The third-order valence-electron chi connectivity index (χ3n) is 4.35. The van der Waals surface area contributed by atoms with Gasteiger partial charge in [0, 0.05) is 10.8 Å². The maximum Gasteiger partial charge on any atom is 0.221 e. The fraction of sp³-hybridized carbons (Fsp3) is 0.556. The van der Waals surface area contributed by atoms with Crippen molar-refractivity contribution in [2.45, 2.75) is 52.9 Å². The van der Waals surface area contributed by atoms with Gasteiger partial charge in [-0.2, -0.15) is 0 Å². The van der Waals surface area contributed by atoms with Gasteiger partial charge in [-0.05, 0) is 13.8 Å². The van der Waals surface area contributed by atoms with Crippen LogP contribution in [-0.4, -0.2) is 16.2 Å². The van der Waals surface area contributed by atoms with Crippen LogP contribution in [-0.2, 0) is 4.57 Å². The molecule has 0 aromatic carbocycles. The van der Waals surface area contributed by atoms with Crippen molar-refractivity contribution in [1.82, 2.24) is 0 Å². The molecule has 0 saturated carbocycles. The third kappa shape index (κ3) is 3.33. The van der Waals surface area contributed by atoms with Crippen LogP contribution in [0.15, 0.2) is 47.6 Å². The average molecular weight is 306 g/mol. The van der Waals surface area contributed by atoms with Crippen molar-refractivity contribution in [2.75, 3.05) is 0 Å². The van der Waals surface area contributed by atoms with E-state index in [1.165, 1.54) is 0 Å². The lowest BCUT2D eigenvalue weighted by Gasteiger charge is -2.35. The third-order valence-corrected chi connectivity index (χ3v) is 7.10. The minimum absolute atomic E-state index is 0.0319. The minimum Gasteiger partial charge on any atom is -0.343 e. The van der Waals surface area contributed by atoms with Gasteiger partial charge in [0.05, 0.1) is 11.3 Å². The van der Waals surface area contributed by atoms with E-state index in [4.69, 9.17) is 0 Å². The fourth-order valence-electron chi connectivity index (χ4n) is 3.43. The van der Waals surface area contributed by atoms with E-state index in [0.717, 1.165) is 11.1 Å². The van der Waals surface area contributed by atoms with E-state index in [0.29, 0.717) is 0 Å². The van der Waals surface area contributed by atoms with Gasteiger partial charge in [-0.15, -0.1) is 0 Å². The molecule has 2 atom stereocenters. The molecule has 116 valence electrons. The molecule has 2 unspecified atom stereocenters. The number of hydrogen-bond donors (Lipinski definition) is 1. The zero-order valence-corrected chi connectivity index (χ0v) is 14.8. The van der Waals surface area contributed by atoms with E-state index >= 15 is 0 Å². The molecule has 0 radical (unpaired) electrons. The first kappa shape index (κ1) is 16.5. The fourth-order valence-corrected chi connectivity index (χ4v) is 5.75. The molecule has 0 saturated heterocycles. The highest BCUT2D eigenvalue weighted by molar-refractivity contribution is 7.60. The molecule has 0 fully saturated rings. The van der Waals surface area contributed by atoms with Crippen LogP contribution < -0.4 is 0 Å². The maximum absolute atomic E-state index is 13.1. The summed E-state index contributed by atoms with van der Waals surface area (Å²) in [6.07, 6.45) is 12.2. The summed E-state index contributed by atoms with van der Waals surface area (Å²) in [7, 11) is -3.38. The summed E-state index contributed by atoms with van der Waals surface area (Å²) in [6, 6.07) is 0. The van der Waals surface area contributed by atoms with Crippen LogP contribution in [0.25, 0.3) is 0 Å². The zero-order chi connectivity index (χ0) is 16.1. The topological polar surface area (TPSA) is 37.3 Å². The van der Waals surface area contributed by atoms with Crippen molar-refractivity contribution in [2.24, 2.45) is 10.8 Å². The highest BCUT2D eigenvalue weighted by Gasteiger charge is 2.41. The molecule has 2 aliphatic carbocycles. The van der Waals surface area contributed by atoms with Gasteiger partial charge < -0.3 is 4.89 Å². The van der Waals surface area contributed by atoms with E-state index in [1.54, 1.807) is 0 Å². The van der Waals surface area contributed by atoms with Crippen LogP contribution in [0.2, 0.25) is 0 Å². The predicted molar refractivity (Wildman–Crippen MR) is 90.8 cm³/mol. The first-order valence-electron chi connectivity index (χ1n) is 7.54. The van der Waals surface area contributed by atoms with Gasteiger partial charge >= 0.3 is 0 Å². The quantitative estimate of drug-likeness (QED) is 0.570. The summed E-state index contributed by atoms with van der Waals surface area (Å²) < 4.78 is 13.1. The SMILES string of the molecule is CC1=CC(C)(C)C=CC1P(=O)(O)C1C=CC(C)(C)C=C1C. The molecule has 0 aliphatic heterocycles. The zero-order valence-electron chi connectivity index (χ0n) is 13.9. The molecular formula is C18H27O2P. The Kier molecular flexibility index (Phi) is 4.02. The molecule has 2 nitrogen and oxygen atoms in total. The van der Waals surface area contributed by atoms with Crippen LogP contribution >= 0.6 is 7.37 Å². The van der Waals surface area contributed by atoms with Gasteiger partial charge in [0.1, 0.15) is 0 Å². The van der Waals surface area contributed by atoms with Crippen LogP contribution in [0.4, 0.5) is 0 Å². The Hall–Kier alpha value is -0.850. The average Bonchev–Trinajstić information content (AvgIpc) is 2.24. The van der Waals surface area contributed by atoms with E-state index in [1.807, 2.05) is 38.2 Å². The molecule has 2 aliphatic rings. The lowest BCUT2D eigenvalue weighted by Crippen LogP contribution is -2.25. The Morgan fingerprint density at radius 2 is 1.24 bits per heavy atom. The lowest BCUT2D eigenvalue weighted by atomic mass is 9.85. The van der Waals surface area contributed by atoms with Gasteiger partial charge in [0.15, 0.2) is 0 Å². The van der Waals surface area contributed by atoms with Gasteiger partial charge in [-0.25, -0.2) is 0 Å². The van der Waals surface area contributed by atoms with Crippen molar-refractivity contribution < 1.29 is 9.46 Å². The summed E-state index contributed by atoms with van der Waals surface area (Å²) in [6.45, 7) is 12.4. The van der Waals surface area contributed by atoms with E-state index < -0.39 is 7.37 Å². The van der Waals surface area contributed by atoms with E-state index in [9.17, 15) is 9.46 Å². The van der Waals surface area contributed by atoms with E-state index in [-0.39, 0.29) is 22.1 Å². The monoisotopic (exact) mass is 306 g/mol. The van der Waals surface area contributed by atoms with Crippen LogP contribution in [0.5, 0.6) is 0 Å². The highest BCUT2D eigenvalue weighted by Crippen LogP contribution is 2.59. The molecule has 0 bridgehead atoms. The molecule has 21 heavy (non-hydrogen) atoms. The first-order chi connectivity index (χ1) is 9.45. The Morgan fingerprint density at radius 3 is 1.52 bits per heavy atom. The van der Waals surface area contributed by atoms with Crippen LogP contribution in [0.3, 0.4) is 0 Å². The molecule has 2 rings (SSSR count). The summed E-state index contributed by atoms with van der Waals surface area (Å²) in [5.74, 6) is 0. The molecule has 0 aromatic heterocycles. The standard InChI is InChI=1S/C18H27O2P/c1-13-11-17(3,4)9-7-15(13)21(19,20)16-8-10-18(5,6)12-14(16)2/h7-12,15-16H,1-6H3,(H,19,20). The predicted octanol–water partition coefficient (Wildman–Crippen LogP) is 5.08. The van der Waals surface area contributed by atoms with Gasteiger partial charge in [-0.3, -0.25) is 4.57 Å². The summed E-state index contributed by atoms with van der Waals surface area (Å²) in [5.41, 5.74) is 1.19. The second kappa shape index (κ2) is 5.11. The number of hydrogen-bond acceptors (Lipinski definition) is 1. The smallest absolute Gasteiger partial charge is 0.221 e. The second-order valence-corrected chi connectivity index (χ2v) is 10.2. The molecule has 0 amide bonds. The summed E-state index contributed by atoms with van der Waals surface area (Å²) in [5, 5.41) is 0. The highest BCUT2D eigenvalue weighted by atomic mass is 31.2. The van der Waals surface area contributed by atoms with Crippen molar-refractivity contribution in [3.63, 3.8) is 0 Å². The summed E-state index contributed by atoms with van der Waals surface area (Å²) >= 11 is 0. The molecule has 3 heteroatoms. The maximum atomic E-state index is 13.1.